The van der Waals surface area contributed by atoms with Crippen LogP contribution < -0.4 is 5.32 Å². The quantitative estimate of drug-likeness (QED) is 0.843. The third-order valence-electron chi connectivity index (χ3n) is 5.72. The maximum Gasteiger partial charge on any atom is 0.317 e. The molecule has 1 aliphatic heterocycles. The minimum Gasteiger partial charge on any atom is -0.338 e. The van der Waals surface area contributed by atoms with Crippen LogP contribution in [-0.2, 0) is 6.54 Å². The van der Waals surface area contributed by atoms with Crippen LogP contribution in [0.15, 0.2) is 18.3 Å². The Balaban J connectivity index is 1.43. The number of hydrogen-bond acceptors (Lipinski definition) is 3. The molecule has 2 aromatic heterocycles. The monoisotopic (exact) mass is 369 g/mol. The number of likely N-dealkylation sites (tertiary alicyclic amines) is 1. The highest BCUT2D eigenvalue weighted by atomic mass is 16.2. The van der Waals surface area contributed by atoms with Gasteiger partial charge in [0.05, 0.1) is 0 Å². The fourth-order valence-electron chi connectivity index (χ4n) is 4.05. The molecule has 146 valence electrons. The molecule has 3 heterocycles. The van der Waals surface area contributed by atoms with Gasteiger partial charge in [0.2, 0.25) is 0 Å². The average molecular weight is 370 g/mol. The molecule has 6 nitrogen and oxygen atoms in total. The smallest absolute Gasteiger partial charge is 0.317 e. The summed E-state index contributed by atoms with van der Waals surface area (Å²) in [5, 5.41) is 3.09. The molecule has 0 spiro atoms. The van der Waals surface area contributed by atoms with Crippen LogP contribution in [-0.4, -0.2) is 45.1 Å². The van der Waals surface area contributed by atoms with E-state index in [1.54, 1.807) is 0 Å². The van der Waals surface area contributed by atoms with Gasteiger partial charge in [0.25, 0.3) is 0 Å². The van der Waals surface area contributed by atoms with Crippen LogP contribution in [0.3, 0.4) is 0 Å². The summed E-state index contributed by atoms with van der Waals surface area (Å²) in [6.07, 6.45) is 7.58. The molecule has 2 fully saturated rings. The van der Waals surface area contributed by atoms with Crippen LogP contribution in [0.1, 0.15) is 57.7 Å². The number of urea groups is 1. The van der Waals surface area contributed by atoms with Gasteiger partial charge in [-0.3, -0.25) is 0 Å². The Morgan fingerprint density at radius 3 is 2.96 bits per heavy atom. The van der Waals surface area contributed by atoms with Gasteiger partial charge in [-0.2, -0.15) is 0 Å². The average Bonchev–Trinajstić information content (AvgIpc) is 3.45. The van der Waals surface area contributed by atoms with Gasteiger partial charge in [-0.1, -0.05) is 13.8 Å². The third kappa shape index (κ3) is 4.25. The van der Waals surface area contributed by atoms with E-state index in [4.69, 9.17) is 4.98 Å². The van der Waals surface area contributed by atoms with Crippen molar-refractivity contribution in [3.63, 3.8) is 0 Å². The van der Waals surface area contributed by atoms with Crippen molar-refractivity contribution in [1.82, 2.24) is 24.8 Å². The normalized spacial score (nSPS) is 20.4. The molecular weight excluding hydrogens is 338 g/mol. The van der Waals surface area contributed by atoms with Crippen molar-refractivity contribution in [2.24, 2.45) is 11.8 Å². The molecule has 0 bridgehead atoms. The number of rotatable bonds is 6. The van der Waals surface area contributed by atoms with Crippen molar-refractivity contribution < 1.29 is 4.79 Å². The van der Waals surface area contributed by atoms with E-state index in [0.717, 1.165) is 56.6 Å². The maximum atomic E-state index is 12.5. The molecule has 2 aliphatic rings. The summed E-state index contributed by atoms with van der Waals surface area (Å²) >= 11 is 0. The first kappa shape index (κ1) is 18.3. The van der Waals surface area contributed by atoms with E-state index in [9.17, 15) is 4.79 Å². The molecule has 1 saturated heterocycles. The molecule has 4 rings (SSSR count). The first-order valence-electron chi connectivity index (χ1n) is 10.5. The Morgan fingerprint density at radius 1 is 1.33 bits per heavy atom. The Morgan fingerprint density at radius 2 is 2.19 bits per heavy atom. The second-order valence-electron chi connectivity index (χ2n) is 8.57. The van der Waals surface area contributed by atoms with Crippen molar-refractivity contribution in [3.8, 4) is 0 Å². The number of amides is 2. The Labute approximate surface area is 161 Å². The number of aromatic nitrogens is 3. The molecule has 1 atom stereocenters. The van der Waals surface area contributed by atoms with Gasteiger partial charge in [0, 0.05) is 38.3 Å². The molecule has 1 unspecified atom stereocenters. The zero-order valence-corrected chi connectivity index (χ0v) is 16.5. The van der Waals surface area contributed by atoms with Crippen LogP contribution in [0, 0.1) is 11.8 Å². The summed E-state index contributed by atoms with van der Waals surface area (Å²) in [4.78, 5) is 24.0. The number of pyridine rings is 1. The van der Waals surface area contributed by atoms with Crippen LogP contribution in [0.4, 0.5) is 4.79 Å². The van der Waals surface area contributed by atoms with Crippen molar-refractivity contribution in [2.75, 3.05) is 19.6 Å². The fraction of sp³-hybridized carbons (Fsp3) is 0.667. The second-order valence-corrected chi connectivity index (χ2v) is 8.57. The minimum absolute atomic E-state index is 0.0939. The van der Waals surface area contributed by atoms with Gasteiger partial charge in [0.15, 0.2) is 5.65 Å². The van der Waals surface area contributed by atoms with Crippen LogP contribution >= 0.6 is 0 Å². The summed E-state index contributed by atoms with van der Waals surface area (Å²) < 4.78 is 2.33. The lowest BCUT2D eigenvalue weighted by Crippen LogP contribution is -2.46. The summed E-state index contributed by atoms with van der Waals surface area (Å²) in [5.74, 6) is 2.87. The SMILES string of the molecule is CC(C)CCNC(=O)N1CCCC(Cn2c(C3CC3)nc3cccnc32)C1. The fourth-order valence-corrected chi connectivity index (χ4v) is 4.05. The molecule has 0 radical (unpaired) electrons. The number of piperidine rings is 1. The standard InChI is InChI=1S/C21H31N5O/c1-15(2)9-11-23-21(27)25-12-4-5-16(13-25)14-26-19(17-7-8-17)24-18-6-3-10-22-20(18)26/h3,6,10,15-17H,4-5,7-9,11-14H2,1-2H3,(H,23,27). The molecular formula is C21H31N5O. The number of carbonyl (C=O) groups is 1. The van der Waals surface area contributed by atoms with E-state index in [-0.39, 0.29) is 6.03 Å². The maximum absolute atomic E-state index is 12.5. The highest BCUT2D eigenvalue weighted by Gasteiger charge is 2.31. The van der Waals surface area contributed by atoms with E-state index in [1.807, 2.05) is 17.2 Å². The zero-order chi connectivity index (χ0) is 18.8. The minimum atomic E-state index is 0.0939. The summed E-state index contributed by atoms with van der Waals surface area (Å²) in [5.41, 5.74) is 2.00. The highest BCUT2D eigenvalue weighted by molar-refractivity contribution is 5.74. The number of imidazole rings is 1. The van der Waals surface area contributed by atoms with Crippen LogP contribution in [0.2, 0.25) is 0 Å². The van der Waals surface area contributed by atoms with Crippen molar-refractivity contribution in [3.05, 3.63) is 24.2 Å². The molecule has 6 heteroatoms. The van der Waals surface area contributed by atoms with E-state index >= 15 is 0 Å². The molecule has 1 aliphatic carbocycles. The molecule has 1 saturated carbocycles. The Bertz CT molecular complexity index is 795. The molecule has 2 aromatic rings. The molecule has 2 amide bonds. The van der Waals surface area contributed by atoms with Crippen molar-refractivity contribution >= 4 is 17.2 Å². The lowest BCUT2D eigenvalue weighted by atomic mass is 9.98. The summed E-state index contributed by atoms with van der Waals surface area (Å²) in [6.45, 7) is 7.73. The molecule has 0 aromatic carbocycles. The van der Waals surface area contributed by atoms with Crippen molar-refractivity contribution in [1.29, 1.82) is 0 Å². The van der Waals surface area contributed by atoms with Crippen LogP contribution in [0.25, 0.3) is 11.2 Å². The number of hydrogen-bond donors (Lipinski definition) is 1. The highest BCUT2D eigenvalue weighted by Crippen LogP contribution is 2.40. The summed E-state index contributed by atoms with van der Waals surface area (Å²) in [7, 11) is 0. The topological polar surface area (TPSA) is 63.1 Å². The molecule has 1 N–H and O–H groups in total. The van der Waals surface area contributed by atoms with Gasteiger partial charge in [-0.15, -0.1) is 0 Å². The predicted molar refractivity (Wildman–Crippen MR) is 107 cm³/mol. The number of fused-ring (bicyclic) bond motifs is 1. The molecule has 27 heavy (non-hydrogen) atoms. The van der Waals surface area contributed by atoms with E-state index < -0.39 is 0 Å². The van der Waals surface area contributed by atoms with Gasteiger partial charge in [-0.25, -0.2) is 14.8 Å². The van der Waals surface area contributed by atoms with E-state index in [0.29, 0.717) is 17.8 Å². The summed E-state index contributed by atoms with van der Waals surface area (Å²) in [6, 6.07) is 4.11. The lowest BCUT2D eigenvalue weighted by molar-refractivity contribution is 0.159. The second kappa shape index (κ2) is 7.87. The largest absolute Gasteiger partial charge is 0.338 e. The van der Waals surface area contributed by atoms with E-state index in [1.165, 1.54) is 18.7 Å². The Kier molecular flexibility index (Phi) is 5.32. The van der Waals surface area contributed by atoms with E-state index in [2.05, 4.69) is 34.8 Å². The Hall–Kier alpha value is -2.11. The number of nitrogens with zero attached hydrogens (tertiary/aromatic N) is 4. The van der Waals surface area contributed by atoms with Gasteiger partial charge in [-0.05, 0) is 56.1 Å². The van der Waals surface area contributed by atoms with Gasteiger partial charge in [0.1, 0.15) is 11.3 Å². The lowest BCUT2D eigenvalue weighted by Gasteiger charge is -2.33. The van der Waals surface area contributed by atoms with Crippen molar-refractivity contribution in [2.45, 2.75) is 58.4 Å². The third-order valence-corrected chi connectivity index (χ3v) is 5.72. The van der Waals surface area contributed by atoms with Gasteiger partial charge < -0.3 is 14.8 Å². The van der Waals surface area contributed by atoms with Gasteiger partial charge >= 0.3 is 6.03 Å². The first-order chi connectivity index (χ1) is 13.1. The van der Waals surface area contributed by atoms with Crippen LogP contribution in [0.5, 0.6) is 0 Å². The predicted octanol–water partition coefficient (Wildman–Crippen LogP) is 3.78. The first-order valence-corrected chi connectivity index (χ1v) is 10.5. The number of nitrogens with one attached hydrogen (secondary N) is 1. The zero-order valence-electron chi connectivity index (χ0n) is 16.5. The number of carbonyl (C=O) groups excluding carboxylic acids is 1.